The van der Waals surface area contributed by atoms with Gasteiger partial charge < -0.3 is 15.2 Å². The van der Waals surface area contributed by atoms with Gasteiger partial charge in [-0.3, -0.25) is 14.5 Å². The number of carboxylic acids is 1. The lowest BCUT2D eigenvalue weighted by Crippen LogP contribution is -2.32. The molecular formula is C18H13N2O4S3-. The van der Waals surface area contributed by atoms with Gasteiger partial charge in [0.1, 0.15) is 4.32 Å². The van der Waals surface area contributed by atoms with E-state index < -0.39 is 11.9 Å². The molecule has 2 heterocycles. The number of hydrogen-bond donors (Lipinski definition) is 1. The van der Waals surface area contributed by atoms with E-state index in [9.17, 15) is 19.5 Å². The van der Waals surface area contributed by atoms with E-state index in [1.54, 1.807) is 18.2 Å². The summed E-state index contributed by atoms with van der Waals surface area (Å²) in [6.45, 7) is 0.117. The summed E-state index contributed by atoms with van der Waals surface area (Å²) in [4.78, 5) is 38.6. The standard InChI is InChI=1S/C18H14N2O4S3/c21-15(19-13-6-2-1-5-12(13)17(23)24)7-8-20-16(22)14(27-18(20)25)10-11-4-3-9-26-11/h1-6,9-10H,7-8H2,(H,19,21)(H,23,24)/p-1/b14-10+. The van der Waals surface area contributed by atoms with E-state index in [1.165, 1.54) is 40.1 Å². The van der Waals surface area contributed by atoms with Crippen LogP contribution in [0.2, 0.25) is 0 Å². The summed E-state index contributed by atoms with van der Waals surface area (Å²) in [5.74, 6) is -2.03. The molecule has 1 aromatic heterocycles. The largest absolute Gasteiger partial charge is 0.545 e. The van der Waals surface area contributed by atoms with Crippen molar-refractivity contribution in [1.29, 1.82) is 0 Å². The number of nitrogens with one attached hydrogen (secondary N) is 1. The third kappa shape index (κ3) is 4.62. The highest BCUT2D eigenvalue weighted by molar-refractivity contribution is 8.26. The average molecular weight is 418 g/mol. The van der Waals surface area contributed by atoms with Gasteiger partial charge in [-0.1, -0.05) is 48.2 Å². The van der Waals surface area contributed by atoms with Gasteiger partial charge >= 0.3 is 0 Å². The molecule has 0 bridgehead atoms. The molecule has 9 heteroatoms. The Balaban J connectivity index is 1.61. The Morgan fingerprint density at radius 3 is 2.70 bits per heavy atom. The van der Waals surface area contributed by atoms with Crippen molar-refractivity contribution in [2.45, 2.75) is 6.42 Å². The van der Waals surface area contributed by atoms with Crippen LogP contribution >= 0.6 is 35.3 Å². The Morgan fingerprint density at radius 1 is 1.22 bits per heavy atom. The molecular weight excluding hydrogens is 404 g/mol. The summed E-state index contributed by atoms with van der Waals surface area (Å²) >= 11 is 7.96. The number of nitrogens with zero attached hydrogens (tertiary/aromatic N) is 1. The number of thiocarbonyl (C=S) groups is 1. The summed E-state index contributed by atoms with van der Waals surface area (Å²) in [6, 6.07) is 9.78. The Morgan fingerprint density at radius 2 is 2.00 bits per heavy atom. The van der Waals surface area contributed by atoms with Crippen LogP contribution in [0.5, 0.6) is 0 Å². The summed E-state index contributed by atoms with van der Waals surface area (Å²) in [5.41, 5.74) is 0.0563. The zero-order valence-corrected chi connectivity index (χ0v) is 16.3. The van der Waals surface area contributed by atoms with Gasteiger partial charge in [-0.2, -0.15) is 0 Å². The molecule has 2 aromatic rings. The predicted molar refractivity (Wildman–Crippen MR) is 108 cm³/mol. The highest BCUT2D eigenvalue weighted by Gasteiger charge is 2.32. The zero-order chi connectivity index (χ0) is 19.4. The van der Waals surface area contributed by atoms with Crippen LogP contribution in [0.3, 0.4) is 0 Å². The summed E-state index contributed by atoms with van der Waals surface area (Å²) in [5, 5.41) is 15.5. The van der Waals surface area contributed by atoms with Crippen molar-refractivity contribution in [3.63, 3.8) is 0 Å². The van der Waals surface area contributed by atoms with Crippen molar-refractivity contribution < 1.29 is 19.5 Å². The number of para-hydroxylation sites is 1. The van der Waals surface area contributed by atoms with Crippen LogP contribution in [0.25, 0.3) is 6.08 Å². The van der Waals surface area contributed by atoms with Crippen LogP contribution in [0.4, 0.5) is 5.69 Å². The van der Waals surface area contributed by atoms with Gasteiger partial charge in [-0.15, -0.1) is 11.3 Å². The monoisotopic (exact) mass is 417 g/mol. The predicted octanol–water partition coefficient (Wildman–Crippen LogP) is 2.34. The van der Waals surface area contributed by atoms with E-state index in [1.807, 2.05) is 17.5 Å². The van der Waals surface area contributed by atoms with Crippen molar-refractivity contribution in [3.8, 4) is 0 Å². The molecule has 0 aliphatic carbocycles. The van der Waals surface area contributed by atoms with Gasteiger partial charge in [0.2, 0.25) is 5.91 Å². The van der Waals surface area contributed by atoms with E-state index in [0.717, 1.165) is 4.88 Å². The number of amides is 2. The molecule has 1 aliphatic heterocycles. The van der Waals surface area contributed by atoms with Crippen LogP contribution in [-0.4, -0.2) is 33.5 Å². The van der Waals surface area contributed by atoms with Gasteiger partial charge in [0.05, 0.1) is 10.9 Å². The highest BCUT2D eigenvalue weighted by Crippen LogP contribution is 2.33. The minimum absolute atomic E-state index is 0.0138. The highest BCUT2D eigenvalue weighted by atomic mass is 32.2. The van der Waals surface area contributed by atoms with Crippen molar-refractivity contribution in [2.24, 2.45) is 0 Å². The first-order chi connectivity index (χ1) is 13.0. The van der Waals surface area contributed by atoms with E-state index in [2.05, 4.69) is 5.32 Å². The fourth-order valence-electron chi connectivity index (χ4n) is 2.39. The molecule has 1 aromatic carbocycles. The Bertz CT molecular complexity index is 938. The maximum absolute atomic E-state index is 12.5. The molecule has 27 heavy (non-hydrogen) atoms. The van der Waals surface area contributed by atoms with Crippen LogP contribution in [0, 0.1) is 0 Å². The SMILES string of the molecule is O=C(CCN1C(=O)/C(=C\c2cccs2)SC1=S)Nc1ccccc1C(=O)[O-]. The quantitative estimate of drug-likeness (QED) is 0.573. The molecule has 0 unspecified atom stereocenters. The number of aromatic carboxylic acids is 1. The van der Waals surface area contributed by atoms with Crippen molar-refractivity contribution in [1.82, 2.24) is 4.90 Å². The summed E-state index contributed by atoms with van der Waals surface area (Å²) in [7, 11) is 0. The molecule has 138 valence electrons. The molecule has 1 saturated heterocycles. The van der Waals surface area contributed by atoms with Crippen LogP contribution in [0.15, 0.2) is 46.7 Å². The first kappa shape index (κ1) is 19.3. The molecule has 1 aliphatic rings. The maximum atomic E-state index is 12.5. The lowest BCUT2D eigenvalue weighted by Gasteiger charge is -2.15. The van der Waals surface area contributed by atoms with Gasteiger partial charge in [0, 0.05) is 29.1 Å². The summed E-state index contributed by atoms with van der Waals surface area (Å²) < 4.78 is 0.394. The molecule has 6 nitrogen and oxygen atoms in total. The second-order valence-electron chi connectivity index (χ2n) is 5.48. The second kappa shape index (κ2) is 8.47. The number of benzene rings is 1. The normalized spacial score (nSPS) is 15.4. The zero-order valence-electron chi connectivity index (χ0n) is 13.8. The van der Waals surface area contributed by atoms with Crippen LogP contribution in [-0.2, 0) is 9.59 Å². The third-order valence-electron chi connectivity index (χ3n) is 3.67. The number of carbonyl (C=O) groups excluding carboxylic acids is 3. The molecule has 3 rings (SSSR count). The van der Waals surface area contributed by atoms with Gasteiger partial charge in [-0.25, -0.2) is 0 Å². The van der Waals surface area contributed by atoms with Crippen LogP contribution in [0.1, 0.15) is 21.7 Å². The Kier molecular flexibility index (Phi) is 6.04. The van der Waals surface area contributed by atoms with E-state index >= 15 is 0 Å². The number of hydrogen-bond acceptors (Lipinski definition) is 7. The van der Waals surface area contributed by atoms with Gasteiger partial charge in [0.15, 0.2) is 0 Å². The first-order valence-electron chi connectivity index (χ1n) is 7.85. The summed E-state index contributed by atoms with van der Waals surface area (Å²) in [6.07, 6.45) is 1.76. The molecule has 1 N–H and O–H groups in total. The lowest BCUT2D eigenvalue weighted by atomic mass is 10.2. The minimum Gasteiger partial charge on any atom is -0.545 e. The Hall–Kier alpha value is -2.49. The topological polar surface area (TPSA) is 89.5 Å². The number of carbonyl (C=O) groups is 3. The van der Waals surface area contributed by atoms with Crippen molar-refractivity contribution in [2.75, 3.05) is 11.9 Å². The smallest absolute Gasteiger partial charge is 0.266 e. The van der Waals surface area contributed by atoms with E-state index in [-0.39, 0.29) is 30.1 Å². The van der Waals surface area contributed by atoms with Crippen molar-refractivity contribution >= 4 is 69.2 Å². The number of carboxylic acid groups (broad SMARTS) is 1. The van der Waals surface area contributed by atoms with Crippen LogP contribution < -0.4 is 10.4 Å². The Labute approximate surface area is 168 Å². The van der Waals surface area contributed by atoms with E-state index in [4.69, 9.17) is 12.2 Å². The third-order valence-corrected chi connectivity index (χ3v) is 5.87. The lowest BCUT2D eigenvalue weighted by molar-refractivity contribution is -0.254. The molecule has 1 fully saturated rings. The fourth-order valence-corrected chi connectivity index (χ4v) is 4.42. The minimum atomic E-state index is -1.37. The van der Waals surface area contributed by atoms with Gasteiger partial charge in [-0.05, 0) is 23.6 Å². The molecule has 0 saturated carbocycles. The van der Waals surface area contributed by atoms with Gasteiger partial charge in [0.25, 0.3) is 5.91 Å². The first-order valence-corrected chi connectivity index (χ1v) is 9.95. The number of thioether (sulfide) groups is 1. The number of anilines is 1. The molecule has 0 atom stereocenters. The second-order valence-corrected chi connectivity index (χ2v) is 8.14. The average Bonchev–Trinajstić information content (AvgIpc) is 3.23. The molecule has 0 spiro atoms. The molecule has 2 amide bonds. The number of thiophene rings is 1. The fraction of sp³-hybridized carbons (Fsp3) is 0.111. The molecule has 0 radical (unpaired) electrons. The van der Waals surface area contributed by atoms with E-state index in [0.29, 0.717) is 9.23 Å². The number of rotatable bonds is 6. The maximum Gasteiger partial charge on any atom is 0.266 e. The van der Waals surface area contributed by atoms with Crippen molar-refractivity contribution in [3.05, 3.63) is 57.1 Å².